The number of anilines is 1. The molecule has 0 unspecified atom stereocenters. The van der Waals surface area contributed by atoms with Gasteiger partial charge in [0.1, 0.15) is 24.0 Å². The Labute approximate surface area is 183 Å². The van der Waals surface area contributed by atoms with Crippen LogP contribution in [-0.4, -0.2) is 41.3 Å². The van der Waals surface area contributed by atoms with E-state index in [1.54, 1.807) is 17.4 Å². The number of fused-ring (bicyclic) bond motifs is 1. The molecule has 1 fully saturated rings. The average Bonchev–Trinajstić information content (AvgIpc) is 3.41. The summed E-state index contributed by atoms with van der Waals surface area (Å²) in [6.45, 7) is 1.07. The summed E-state index contributed by atoms with van der Waals surface area (Å²) in [5.74, 6) is 1.59. The minimum atomic E-state index is -0.313. The van der Waals surface area contributed by atoms with Crippen LogP contribution in [0.15, 0.2) is 45.7 Å². The summed E-state index contributed by atoms with van der Waals surface area (Å²) < 4.78 is 11.1. The molecular weight excluding hydrogens is 418 g/mol. The summed E-state index contributed by atoms with van der Waals surface area (Å²) in [7, 11) is 0. The number of rotatable bonds is 4. The van der Waals surface area contributed by atoms with Gasteiger partial charge in [-0.3, -0.25) is 9.79 Å². The second kappa shape index (κ2) is 8.43. The standard InChI is InChI=1S/C22H23N3O3S2/c26-19(23-15-6-7-16-17(13-15)28-11-10-27-16)14-30-21-20(18-5-4-12-29-18)24-22(25-21)8-2-1-3-9-22/h4-7,12-13H,1-3,8-11,14H2,(H,23,26). The number of aliphatic imine (C=N–C) groups is 2. The SMILES string of the molecule is O=C(CSC1=NC2(CCCCC2)N=C1c1cccs1)Nc1ccc2c(c1)OCCO2. The third kappa shape index (κ3) is 4.11. The third-order valence-electron chi connectivity index (χ3n) is 5.41. The minimum Gasteiger partial charge on any atom is -0.486 e. The van der Waals surface area contributed by atoms with E-state index >= 15 is 0 Å². The summed E-state index contributed by atoms with van der Waals surface area (Å²) >= 11 is 3.14. The molecule has 156 valence electrons. The van der Waals surface area contributed by atoms with Crippen LogP contribution in [0.25, 0.3) is 0 Å². The van der Waals surface area contributed by atoms with Crippen molar-refractivity contribution >= 4 is 45.4 Å². The molecule has 0 bridgehead atoms. The highest BCUT2D eigenvalue weighted by atomic mass is 32.2. The minimum absolute atomic E-state index is 0.0745. The van der Waals surface area contributed by atoms with E-state index in [4.69, 9.17) is 19.5 Å². The van der Waals surface area contributed by atoms with E-state index in [1.807, 2.05) is 18.2 Å². The van der Waals surface area contributed by atoms with Gasteiger partial charge in [0, 0.05) is 11.8 Å². The lowest BCUT2D eigenvalue weighted by atomic mass is 9.90. The molecular formula is C22H23N3O3S2. The van der Waals surface area contributed by atoms with Crippen LogP contribution in [0.3, 0.4) is 0 Å². The number of thiophene rings is 1. The zero-order valence-corrected chi connectivity index (χ0v) is 18.2. The molecule has 0 radical (unpaired) electrons. The predicted molar refractivity (Wildman–Crippen MR) is 123 cm³/mol. The molecule has 0 atom stereocenters. The van der Waals surface area contributed by atoms with Gasteiger partial charge in [0.25, 0.3) is 0 Å². The van der Waals surface area contributed by atoms with Crippen LogP contribution in [0.2, 0.25) is 0 Å². The van der Waals surface area contributed by atoms with Crippen LogP contribution in [0.1, 0.15) is 37.0 Å². The molecule has 5 rings (SSSR count). The number of carbonyl (C=O) groups is 1. The van der Waals surface area contributed by atoms with Gasteiger partial charge in [0.2, 0.25) is 5.91 Å². The molecule has 1 aromatic carbocycles. The number of thioether (sulfide) groups is 1. The Morgan fingerprint density at radius 1 is 1.10 bits per heavy atom. The fourth-order valence-corrected chi connectivity index (χ4v) is 5.64. The van der Waals surface area contributed by atoms with Gasteiger partial charge in [-0.1, -0.05) is 24.2 Å². The van der Waals surface area contributed by atoms with Crippen LogP contribution >= 0.6 is 23.1 Å². The van der Waals surface area contributed by atoms with Crippen LogP contribution in [-0.2, 0) is 4.79 Å². The zero-order chi connectivity index (χ0) is 20.4. The lowest BCUT2D eigenvalue weighted by Gasteiger charge is -2.27. The Morgan fingerprint density at radius 3 is 2.73 bits per heavy atom. The largest absolute Gasteiger partial charge is 0.486 e. The van der Waals surface area contributed by atoms with Crippen molar-refractivity contribution in [3.05, 3.63) is 40.6 Å². The van der Waals surface area contributed by atoms with Gasteiger partial charge in [-0.25, -0.2) is 4.99 Å². The maximum atomic E-state index is 12.6. The quantitative estimate of drug-likeness (QED) is 0.743. The average molecular weight is 442 g/mol. The topological polar surface area (TPSA) is 72.3 Å². The maximum Gasteiger partial charge on any atom is 0.234 e. The van der Waals surface area contributed by atoms with E-state index in [9.17, 15) is 4.79 Å². The van der Waals surface area contributed by atoms with Crippen LogP contribution in [0, 0.1) is 0 Å². The molecule has 3 aliphatic rings. The summed E-state index contributed by atoms with van der Waals surface area (Å²) in [5, 5.41) is 5.89. The van der Waals surface area contributed by atoms with Gasteiger partial charge in [-0.2, -0.15) is 0 Å². The number of carbonyl (C=O) groups excluding carboxylic acids is 1. The van der Waals surface area contributed by atoms with Crippen molar-refractivity contribution in [3.8, 4) is 11.5 Å². The highest BCUT2D eigenvalue weighted by molar-refractivity contribution is 8.16. The van der Waals surface area contributed by atoms with Crippen molar-refractivity contribution in [2.45, 2.75) is 37.8 Å². The number of nitrogens with zero attached hydrogens (tertiary/aromatic N) is 2. The van der Waals surface area contributed by atoms with Crippen LogP contribution in [0.4, 0.5) is 5.69 Å². The molecule has 1 saturated carbocycles. The number of hydrogen-bond donors (Lipinski definition) is 1. The first-order valence-electron chi connectivity index (χ1n) is 10.3. The Kier molecular flexibility index (Phi) is 5.52. The summed E-state index contributed by atoms with van der Waals surface area (Å²) in [6.07, 6.45) is 5.56. The van der Waals surface area contributed by atoms with Crippen molar-refractivity contribution in [2.24, 2.45) is 9.98 Å². The van der Waals surface area contributed by atoms with E-state index < -0.39 is 0 Å². The Balaban J connectivity index is 1.27. The molecule has 1 N–H and O–H groups in total. The van der Waals surface area contributed by atoms with Crippen molar-refractivity contribution in [3.63, 3.8) is 0 Å². The molecule has 1 aliphatic carbocycles. The Morgan fingerprint density at radius 2 is 1.93 bits per heavy atom. The Hall–Kier alpha value is -2.32. The zero-order valence-electron chi connectivity index (χ0n) is 16.6. The van der Waals surface area contributed by atoms with Gasteiger partial charge in [-0.15, -0.1) is 11.3 Å². The predicted octanol–water partition coefficient (Wildman–Crippen LogP) is 4.75. The Bertz CT molecular complexity index is 995. The van der Waals surface area contributed by atoms with Gasteiger partial charge in [0.15, 0.2) is 17.2 Å². The molecule has 2 aliphatic heterocycles. The molecule has 1 spiro atoms. The number of benzene rings is 1. The van der Waals surface area contributed by atoms with Crippen molar-refractivity contribution in [1.82, 2.24) is 0 Å². The first-order valence-corrected chi connectivity index (χ1v) is 12.1. The fourth-order valence-electron chi connectivity index (χ4n) is 3.99. The number of nitrogens with one attached hydrogen (secondary N) is 1. The highest BCUT2D eigenvalue weighted by Crippen LogP contribution is 2.39. The molecule has 8 heteroatoms. The molecule has 2 aromatic rings. The van der Waals surface area contributed by atoms with Gasteiger partial charge in [-0.05, 0) is 49.3 Å². The monoisotopic (exact) mass is 441 g/mol. The lowest BCUT2D eigenvalue weighted by Crippen LogP contribution is -2.25. The normalized spacial score (nSPS) is 19.3. The fraction of sp³-hybridized carbons (Fsp3) is 0.409. The molecule has 6 nitrogen and oxygen atoms in total. The highest BCUT2D eigenvalue weighted by Gasteiger charge is 2.38. The van der Waals surface area contributed by atoms with E-state index in [-0.39, 0.29) is 17.3 Å². The van der Waals surface area contributed by atoms with Gasteiger partial charge in [0.05, 0.1) is 10.6 Å². The van der Waals surface area contributed by atoms with E-state index in [0.717, 1.165) is 41.3 Å². The van der Waals surface area contributed by atoms with Crippen molar-refractivity contribution < 1.29 is 14.3 Å². The maximum absolute atomic E-state index is 12.6. The van der Waals surface area contributed by atoms with E-state index in [0.29, 0.717) is 30.4 Å². The van der Waals surface area contributed by atoms with Crippen molar-refractivity contribution in [1.29, 1.82) is 0 Å². The second-order valence-electron chi connectivity index (χ2n) is 7.59. The summed E-state index contributed by atoms with van der Waals surface area (Å²) in [5.41, 5.74) is 1.34. The van der Waals surface area contributed by atoms with Gasteiger partial charge >= 0.3 is 0 Å². The van der Waals surface area contributed by atoms with E-state index in [1.165, 1.54) is 18.2 Å². The molecule has 0 saturated heterocycles. The first kappa shape index (κ1) is 19.6. The second-order valence-corrected chi connectivity index (χ2v) is 9.50. The van der Waals surface area contributed by atoms with Gasteiger partial charge < -0.3 is 14.8 Å². The molecule has 1 amide bonds. The lowest BCUT2D eigenvalue weighted by molar-refractivity contribution is -0.113. The number of ether oxygens (including phenoxy) is 2. The number of amides is 1. The van der Waals surface area contributed by atoms with Crippen LogP contribution in [0.5, 0.6) is 11.5 Å². The summed E-state index contributed by atoms with van der Waals surface area (Å²) in [6, 6.07) is 9.58. The smallest absolute Gasteiger partial charge is 0.234 e. The summed E-state index contributed by atoms with van der Waals surface area (Å²) in [4.78, 5) is 23.8. The molecule has 1 aromatic heterocycles. The third-order valence-corrected chi connectivity index (χ3v) is 7.25. The van der Waals surface area contributed by atoms with Crippen molar-refractivity contribution in [2.75, 3.05) is 24.3 Å². The molecule has 30 heavy (non-hydrogen) atoms. The first-order chi connectivity index (χ1) is 14.7. The van der Waals surface area contributed by atoms with E-state index in [2.05, 4.69) is 16.8 Å². The molecule has 3 heterocycles. The number of hydrogen-bond acceptors (Lipinski definition) is 7. The van der Waals surface area contributed by atoms with Crippen LogP contribution < -0.4 is 14.8 Å².